The maximum atomic E-state index is 11.9. The van der Waals surface area contributed by atoms with Gasteiger partial charge in [-0.1, -0.05) is 12.1 Å². The van der Waals surface area contributed by atoms with Gasteiger partial charge in [0.15, 0.2) is 0 Å². The molecule has 4 nitrogen and oxygen atoms in total. The van der Waals surface area contributed by atoms with E-state index in [1.807, 2.05) is 31.1 Å². The van der Waals surface area contributed by atoms with Gasteiger partial charge in [0.25, 0.3) is 0 Å². The predicted octanol–water partition coefficient (Wildman–Crippen LogP) is 1.32. The Bertz CT molecular complexity index is 405. The summed E-state index contributed by atoms with van der Waals surface area (Å²) in [6.45, 7) is 2.54. The summed E-state index contributed by atoms with van der Waals surface area (Å²) in [5.74, 6) is 0. The van der Waals surface area contributed by atoms with Crippen LogP contribution in [0.4, 0.5) is 10.5 Å². The summed E-state index contributed by atoms with van der Waals surface area (Å²) < 4.78 is 0. The van der Waals surface area contributed by atoms with Crippen LogP contribution in [0.2, 0.25) is 0 Å². The Balaban J connectivity index is 2.13. The van der Waals surface area contributed by atoms with Gasteiger partial charge in [-0.05, 0) is 37.7 Å². The van der Waals surface area contributed by atoms with Crippen molar-refractivity contribution in [1.82, 2.24) is 10.2 Å². The second-order valence-corrected chi connectivity index (χ2v) is 4.38. The molecule has 1 fully saturated rings. The molecule has 0 aliphatic carbocycles. The van der Waals surface area contributed by atoms with Crippen LogP contribution in [0.5, 0.6) is 0 Å². The number of nitrogens with zero attached hydrogens (tertiary/aromatic N) is 2. The lowest BCUT2D eigenvalue weighted by Crippen LogP contribution is -2.29. The zero-order chi connectivity index (χ0) is 12.3. The van der Waals surface area contributed by atoms with Gasteiger partial charge in [0.05, 0.1) is 0 Å². The molecule has 0 spiro atoms. The summed E-state index contributed by atoms with van der Waals surface area (Å²) in [7, 11) is 3.79. The topological polar surface area (TPSA) is 35.6 Å². The van der Waals surface area contributed by atoms with E-state index in [0.29, 0.717) is 0 Å². The summed E-state index contributed by atoms with van der Waals surface area (Å²) in [6, 6.07) is 8.32. The lowest BCUT2D eigenvalue weighted by Gasteiger charge is -2.16. The van der Waals surface area contributed by atoms with Crippen LogP contribution in [0, 0.1) is 0 Å². The molecule has 92 valence electrons. The predicted molar refractivity (Wildman–Crippen MR) is 69.4 cm³/mol. The van der Waals surface area contributed by atoms with Crippen LogP contribution < -0.4 is 10.2 Å². The molecule has 2 rings (SSSR count). The Morgan fingerprint density at radius 1 is 1.35 bits per heavy atom. The zero-order valence-electron chi connectivity index (χ0n) is 10.4. The SMILES string of the molecule is CNCCc1cccc(N2CCN(C)C2=O)c1. The van der Waals surface area contributed by atoms with Gasteiger partial charge < -0.3 is 10.2 Å². The number of likely N-dealkylation sites (N-methyl/N-ethyl adjacent to an activating group) is 2. The van der Waals surface area contributed by atoms with E-state index in [2.05, 4.69) is 17.4 Å². The van der Waals surface area contributed by atoms with Gasteiger partial charge in [0, 0.05) is 25.8 Å². The minimum Gasteiger partial charge on any atom is -0.326 e. The van der Waals surface area contributed by atoms with Crippen LogP contribution in [0.15, 0.2) is 24.3 Å². The van der Waals surface area contributed by atoms with Gasteiger partial charge in [-0.25, -0.2) is 4.79 Å². The minimum absolute atomic E-state index is 0.0933. The molecular weight excluding hydrogens is 214 g/mol. The van der Waals surface area contributed by atoms with E-state index in [0.717, 1.165) is 31.7 Å². The molecule has 2 amide bonds. The number of amides is 2. The standard InChI is InChI=1S/C13H19N3O/c1-14-7-6-11-4-3-5-12(10-11)16-9-8-15(2)13(16)17/h3-5,10,14H,6-9H2,1-2H3. The first kappa shape index (κ1) is 11.9. The van der Waals surface area contributed by atoms with Crippen molar-refractivity contribution >= 4 is 11.7 Å². The molecule has 0 unspecified atom stereocenters. The monoisotopic (exact) mass is 233 g/mol. The molecule has 0 aromatic heterocycles. The molecule has 1 heterocycles. The summed E-state index contributed by atoms with van der Waals surface area (Å²) in [5.41, 5.74) is 2.27. The molecule has 0 atom stereocenters. The Hall–Kier alpha value is -1.55. The van der Waals surface area contributed by atoms with Crippen molar-refractivity contribution in [2.75, 3.05) is 38.6 Å². The third-order valence-electron chi connectivity index (χ3n) is 3.10. The highest BCUT2D eigenvalue weighted by atomic mass is 16.2. The smallest absolute Gasteiger partial charge is 0.324 e. The molecule has 1 aromatic carbocycles. The number of anilines is 1. The van der Waals surface area contributed by atoms with Crippen LogP contribution in [0.1, 0.15) is 5.56 Å². The second kappa shape index (κ2) is 5.19. The Kier molecular flexibility index (Phi) is 3.64. The number of benzene rings is 1. The molecule has 1 aliphatic heterocycles. The Morgan fingerprint density at radius 2 is 2.18 bits per heavy atom. The number of hydrogen-bond acceptors (Lipinski definition) is 2. The fourth-order valence-electron chi connectivity index (χ4n) is 2.04. The van der Waals surface area contributed by atoms with Crippen LogP contribution in [-0.4, -0.2) is 44.7 Å². The van der Waals surface area contributed by atoms with Crippen LogP contribution >= 0.6 is 0 Å². The van der Waals surface area contributed by atoms with E-state index in [1.54, 1.807) is 4.90 Å². The summed E-state index contributed by atoms with van der Waals surface area (Å²) in [5, 5.41) is 3.13. The average molecular weight is 233 g/mol. The highest BCUT2D eigenvalue weighted by Gasteiger charge is 2.26. The maximum Gasteiger partial charge on any atom is 0.324 e. The molecule has 0 radical (unpaired) electrons. The number of nitrogens with one attached hydrogen (secondary N) is 1. The van der Waals surface area contributed by atoms with Gasteiger partial charge in [0.2, 0.25) is 0 Å². The van der Waals surface area contributed by atoms with E-state index in [-0.39, 0.29) is 6.03 Å². The Morgan fingerprint density at radius 3 is 2.82 bits per heavy atom. The summed E-state index contributed by atoms with van der Waals surface area (Å²) >= 11 is 0. The number of urea groups is 1. The molecule has 0 bridgehead atoms. The van der Waals surface area contributed by atoms with Crippen molar-refractivity contribution in [2.45, 2.75) is 6.42 Å². The molecule has 1 N–H and O–H groups in total. The lowest BCUT2D eigenvalue weighted by atomic mass is 10.1. The van der Waals surface area contributed by atoms with Crippen LogP contribution in [-0.2, 0) is 6.42 Å². The van der Waals surface area contributed by atoms with Crippen LogP contribution in [0.25, 0.3) is 0 Å². The number of hydrogen-bond donors (Lipinski definition) is 1. The van der Waals surface area contributed by atoms with Gasteiger partial charge in [-0.2, -0.15) is 0 Å². The first-order chi connectivity index (χ1) is 8.22. The highest BCUT2D eigenvalue weighted by Crippen LogP contribution is 2.20. The molecule has 1 saturated heterocycles. The van der Waals surface area contributed by atoms with E-state index in [4.69, 9.17) is 0 Å². The number of carbonyl (C=O) groups excluding carboxylic acids is 1. The Labute approximate surface area is 102 Å². The third kappa shape index (κ3) is 2.58. The molecular formula is C13H19N3O. The summed E-state index contributed by atoms with van der Waals surface area (Å²) in [6.07, 6.45) is 0.988. The van der Waals surface area contributed by atoms with Crippen molar-refractivity contribution in [3.63, 3.8) is 0 Å². The van der Waals surface area contributed by atoms with E-state index >= 15 is 0 Å². The number of rotatable bonds is 4. The second-order valence-electron chi connectivity index (χ2n) is 4.38. The van der Waals surface area contributed by atoms with Crippen molar-refractivity contribution in [1.29, 1.82) is 0 Å². The van der Waals surface area contributed by atoms with Crippen molar-refractivity contribution < 1.29 is 4.79 Å². The minimum atomic E-state index is 0.0933. The van der Waals surface area contributed by atoms with E-state index < -0.39 is 0 Å². The molecule has 1 aliphatic rings. The largest absolute Gasteiger partial charge is 0.326 e. The van der Waals surface area contributed by atoms with Gasteiger partial charge in [0.1, 0.15) is 0 Å². The lowest BCUT2D eigenvalue weighted by molar-refractivity contribution is 0.229. The molecule has 0 saturated carbocycles. The van der Waals surface area contributed by atoms with Crippen LogP contribution in [0.3, 0.4) is 0 Å². The van der Waals surface area contributed by atoms with Crippen molar-refractivity contribution in [2.24, 2.45) is 0 Å². The summed E-state index contributed by atoms with van der Waals surface area (Å²) in [4.78, 5) is 15.5. The molecule has 1 aromatic rings. The van der Waals surface area contributed by atoms with E-state index in [9.17, 15) is 4.79 Å². The van der Waals surface area contributed by atoms with Gasteiger partial charge >= 0.3 is 6.03 Å². The molecule has 4 heteroatoms. The fourth-order valence-corrected chi connectivity index (χ4v) is 2.04. The van der Waals surface area contributed by atoms with E-state index in [1.165, 1.54) is 5.56 Å². The quantitative estimate of drug-likeness (QED) is 0.851. The third-order valence-corrected chi connectivity index (χ3v) is 3.10. The average Bonchev–Trinajstić information content (AvgIpc) is 2.68. The van der Waals surface area contributed by atoms with Gasteiger partial charge in [-0.3, -0.25) is 4.90 Å². The fraction of sp³-hybridized carbons (Fsp3) is 0.462. The molecule has 17 heavy (non-hydrogen) atoms. The normalized spacial score (nSPS) is 15.8. The van der Waals surface area contributed by atoms with Crippen molar-refractivity contribution in [3.8, 4) is 0 Å². The number of carbonyl (C=O) groups is 1. The maximum absolute atomic E-state index is 11.9. The first-order valence-electron chi connectivity index (χ1n) is 5.98. The zero-order valence-corrected chi connectivity index (χ0v) is 10.4. The van der Waals surface area contributed by atoms with Gasteiger partial charge in [-0.15, -0.1) is 0 Å². The van der Waals surface area contributed by atoms with Crippen molar-refractivity contribution in [3.05, 3.63) is 29.8 Å². The highest BCUT2D eigenvalue weighted by molar-refractivity contribution is 5.93. The first-order valence-corrected chi connectivity index (χ1v) is 5.98.